The van der Waals surface area contributed by atoms with Gasteiger partial charge < -0.3 is 4.57 Å². The minimum atomic E-state index is -4.83. The van der Waals surface area contributed by atoms with Crippen molar-refractivity contribution in [3.05, 3.63) is 70.9 Å². The Bertz CT molecular complexity index is 1210. The van der Waals surface area contributed by atoms with Crippen molar-refractivity contribution in [1.29, 1.82) is 5.26 Å². The third-order valence-electron chi connectivity index (χ3n) is 4.45. The molecule has 29 heavy (non-hydrogen) atoms. The Labute approximate surface area is 166 Å². The van der Waals surface area contributed by atoms with Gasteiger partial charge in [-0.15, -0.1) is 0 Å². The van der Waals surface area contributed by atoms with Crippen LogP contribution in [0, 0.1) is 18.3 Å². The molecule has 5 nitrogen and oxygen atoms in total. The zero-order chi connectivity index (χ0) is 21.4. The van der Waals surface area contributed by atoms with Gasteiger partial charge in [-0.25, -0.2) is 8.42 Å². The number of nitriles is 1. The van der Waals surface area contributed by atoms with E-state index >= 15 is 0 Å². The molecule has 0 fully saturated rings. The number of nitrogens with one attached hydrogen (secondary N) is 1. The van der Waals surface area contributed by atoms with E-state index in [2.05, 4.69) is 0 Å². The molecule has 1 atom stereocenters. The average molecular weight is 421 g/mol. The number of halogens is 3. The maximum atomic E-state index is 13.7. The van der Waals surface area contributed by atoms with E-state index in [4.69, 9.17) is 0 Å². The van der Waals surface area contributed by atoms with Crippen molar-refractivity contribution in [2.24, 2.45) is 0 Å². The molecule has 0 aliphatic heterocycles. The summed E-state index contributed by atoms with van der Waals surface area (Å²) in [6.07, 6.45) is -2.85. The Morgan fingerprint density at radius 2 is 1.93 bits per heavy atom. The van der Waals surface area contributed by atoms with Crippen LogP contribution >= 0.6 is 0 Å². The summed E-state index contributed by atoms with van der Waals surface area (Å²) in [6.45, 7) is 2.18. The molecule has 2 aromatic carbocycles. The lowest BCUT2D eigenvalue weighted by molar-refractivity contribution is -0.152. The molecule has 0 saturated carbocycles. The summed E-state index contributed by atoms with van der Waals surface area (Å²) in [7, 11) is -4.12. The fourth-order valence-electron chi connectivity index (χ4n) is 3.28. The lowest BCUT2D eigenvalue weighted by atomic mass is 10.0. The van der Waals surface area contributed by atoms with Gasteiger partial charge in [0.1, 0.15) is 6.04 Å². The van der Waals surface area contributed by atoms with Gasteiger partial charge in [0.2, 0.25) is 10.0 Å². The number of sulfonamides is 1. The summed E-state index contributed by atoms with van der Waals surface area (Å²) >= 11 is 0. The Kier molecular flexibility index (Phi) is 5.43. The number of nitrogens with zero attached hydrogens (tertiary/aromatic N) is 2. The van der Waals surface area contributed by atoms with Crippen LogP contribution in [0.2, 0.25) is 0 Å². The van der Waals surface area contributed by atoms with Gasteiger partial charge in [0, 0.05) is 29.2 Å². The van der Waals surface area contributed by atoms with Crippen molar-refractivity contribution in [1.82, 2.24) is 9.29 Å². The molecule has 3 rings (SSSR count). The molecular weight excluding hydrogens is 403 g/mol. The quantitative estimate of drug-likeness (QED) is 0.676. The topological polar surface area (TPSA) is 74.9 Å². The Morgan fingerprint density at radius 3 is 2.52 bits per heavy atom. The predicted octanol–water partition coefficient (Wildman–Crippen LogP) is 4.02. The van der Waals surface area contributed by atoms with Gasteiger partial charge in [-0.2, -0.15) is 23.2 Å². The SMILES string of the molecule is Cc1cccc(Cn2cc(C(NS(C)(=O)=O)C(F)(F)F)c3ccc(C#N)cc32)c1. The third kappa shape index (κ3) is 4.78. The van der Waals surface area contributed by atoms with Crippen molar-refractivity contribution in [3.63, 3.8) is 0 Å². The number of alkyl halides is 3. The second kappa shape index (κ2) is 7.54. The average Bonchev–Trinajstić information content (AvgIpc) is 2.95. The Morgan fingerprint density at radius 1 is 1.21 bits per heavy atom. The van der Waals surface area contributed by atoms with Gasteiger partial charge in [-0.05, 0) is 24.6 Å². The second-order valence-corrected chi connectivity index (χ2v) is 8.69. The van der Waals surface area contributed by atoms with E-state index in [9.17, 15) is 26.9 Å². The van der Waals surface area contributed by atoms with E-state index in [0.717, 1.165) is 11.1 Å². The summed E-state index contributed by atoms with van der Waals surface area (Å²) in [4.78, 5) is 0. The van der Waals surface area contributed by atoms with E-state index in [1.807, 2.05) is 37.3 Å². The maximum Gasteiger partial charge on any atom is 0.408 e. The van der Waals surface area contributed by atoms with Gasteiger partial charge in [0.25, 0.3) is 0 Å². The molecule has 0 saturated heterocycles. The first-order chi connectivity index (χ1) is 13.5. The normalized spacial score (nSPS) is 13.4. The summed E-state index contributed by atoms with van der Waals surface area (Å²) in [5, 5.41) is 9.41. The van der Waals surface area contributed by atoms with Crippen LogP contribution in [0.25, 0.3) is 10.9 Å². The number of rotatable bonds is 5. The summed E-state index contributed by atoms with van der Waals surface area (Å²) in [5.41, 5.74) is 2.38. The molecular formula is C20H18F3N3O2S. The van der Waals surface area contributed by atoms with Gasteiger partial charge in [0.05, 0.1) is 17.9 Å². The van der Waals surface area contributed by atoms with E-state index in [1.165, 1.54) is 24.4 Å². The molecule has 0 aliphatic carbocycles. The van der Waals surface area contributed by atoms with E-state index in [-0.39, 0.29) is 17.5 Å². The fraction of sp³-hybridized carbons (Fsp3) is 0.250. The smallest absolute Gasteiger partial charge is 0.343 e. The van der Waals surface area contributed by atoms with Crippen LogP contribution in [0.1, 0.15) is 28.3 Å². The minimum Gasteiger partial charge on any atom is -0.343 e. The van der Waals surface area contributed by atoms with Crippen LogP contribution in [0.15, 0.2) is 48.7 Å². The van der Waals surface area contributed by atoms with E-state index in [0.29, 0.717) is 17.3 Å². The summed E-state index contributed by atoms with van der Waals surface area (Å²) in [5.74, 6) is 0. The van der Waals surface area contributed by atoms with Gasteiger partial charge >= 0.3 is 6.18 Å². The zero-order valence-corrected chi connectivity index (χ0v) is 16.5. The van der Waals surface area contributed by atoms with Crippen molar-refractivity contribution in [2.45, 2.75) is 25.7 Å². The van der Waals surface area contributed by atoms with Crippen molar-refractivity contribution >= 4 is 20.9 Å². The number of hydrogen-bond acceptors (Lipinski definition) is 3. The third-order valence-corrected chi connectivity index (χ3v) is 5.11. The minimum absolute atomic E-state index is 0.213. The van der Waals surface area contributed by atoms with Gasteiger partial charge in [-0.3, -0.25) is 0 Å². The molecule has 1 heterocycles. The highest BCUT2D eigenvalue weighted by molar-refractivity contribution is 7.88. The Balaban J connectivity index is 2.21. The number of fused-ring (bicyclic) bond motifs is 1. The van der Waals surface area contributed by atoms with Crippen molar-refractivity contribution in [2.75, 3.05) is 6.26 Å². The highest BCUT2D eigenvalue weighted by Crippen LogP contribution is 2.38. The first-order valence-electron chi connectivity index (χ1n) is 8.60. The first kappa shape index (κ1) is 20.9. The monoisotopic (exact) mass is 421 g/mol. The van der Waals surface area contributed by atoms with Gasteiger partial charge in [0.15, 0.2) is 0 Å². The lowest BCUT2D eigenvalue weighted by Gasteiger charge is -2.20. The molecule has 152 valence electrons. The highest BCUT2D eigenvalue weighted by Gasteiger charge is 2.44. The number of benzene rings is 2. The molecule has 0 aliphatic rings. The molecule has 1 unspecified atom stereocenters. The van der Waals surface area contributed by atoms with Crippen LogP contribution < -0.4 is 4.72 Å². The molecule has 9 heteroatoms. The number of hydrogen-bond donors (Lipinski definition) is 1. The Hall–Kier alpha value is -2.83. The van der Waals surface area contributed by atoms with E-state index in [1.54, 1.807) is 9.29 Å². The largest absolute Gasteiger partial charge is 0.408 e. The van der Waals surface area contributed by atoms with Crippen LogP contribution in [-0.4, -0.2) is 25.4 Å². The van der Waals surface area contributed by atoms with Crippen molar-refractivity contribution < 1.29 is 21.6 Å². The molecule has 1 N–H and O–H groups in total. The zero-order valence-electron chi connectivity index (χ0n) is 15.7. The first-order valence-corrected chi connectivity index (χ1v) is 10.5. The number of aryl methyl sites for hydroxylation is 1. The molecule has 0 spiro atoms. The van der Waals surface area contributed by atoms with Gasteiger partial charge in [-0.1, -0.05) is 35.9 Å². The summed E-state index contributed by atoms with van der Waals surface area (Å²) < 4.78 is 67.6. The predicted molar refractivity (Wildman–Crippen MR) is 104 cm³/mol. The lowest BCUT2D eigenvalue weighted by Crippen LogP contribution is -2.37. The molecule has 0 bridgehead atoms. The standard InChI is InChI=1S/C20H18F3N3O2S/c1-13-4-3-5-15(8-13)11-26-12-17(16-7-6-14(10-24)9-18(16)26)19(20(21,22)23)25-29(2,27)28/h3-9,12,19,25H,11H2,1-2H3. The second-order valence-electron chi connectivity index (χ2n) is 6.91. The van der Waals surface area contributed by atoms with E-state index < -0.39 is 22.2 Å². The fourth-order valence-corrected chi connectivity index (χ4v) is 3.97. The molecule has 1 aromatic heterocycles. The highest BCUT2D eigenvalue weighted by atomic mass is 32.2. The molecule has 0 radical (unpaired) electrons. The molecule has 0 amide bonds. The van der Waals surface area contributed by atoms with Crippen LogP contribution in [-0.2, 0) is 16.6 Å². The van der Waals surface area contributed by atoms with Crippen LogP contribution in [0.4, 0.5) is 13.2 Å². The maximum absolute atomic E-state index is 13.7. The van der Waals surface area contributed by atoms with Crippen LogP contribution in [0.5, 0.6) is 0 Å². The summed E-state index contributed by atoms with van der Waals surface area (Å²) in [6, 6.07) is 11.4. The van der Waals surface area contributed by atoms with Crippen molar-refractivity contribution in [3.8, 4) is 6.07 Å². The molecule has 3 aromatic rings. The van der Waals surface area contributed by atoms with Crippen LogP contribution in [0.3, 0.4) is 0 Å². The number of aromatic nitrogens is 1.